The number of rotatable bonds is 7. The highest BCUT2D eigenvalue weighted by Gasteiger charge is 2.32. The number of aromatic nitrogens is 4. The fraction of sp³-hybridized carbons (Fsp3) is 0.538. The summed E-state index contributed by atoms with van der Waals surface area (Å²) in [6, 6.07) is 10.6. The minimum Gasteiger partial charge on any atom is -0.365 e. The molecule has 2 aliphatic carbocycles. The van der Waals surface area contributed by atoms with E-state index in [1.165, 1.54) is 6.42 Å². The van der Waals surface area contributed by atoms with Crippen LogP contribution >= 0.6 is 0 Å². The van der Waals surface area contributed by atoms with E-state index < -0.39 is 9.84 Å². The van der Waals surface area contributed by atoms with E-state index >= 15 is 0 Å². The number of hydrogen-bond acceptors (Lipinski definition) is 7. The number of sulfone groups is 1. The van der Waals surface area contributed by atoms with Crippen LogP contribution in [0.15, 0.2) is 40.4 Å². The molecule has 0 saturated heterocycles. The van der Waals surface area contributed by atoms with Crippen LogP contribution in [0.5, 0.6) is 0 Å². The van der Waals surface area contributed by atoms with Crippen molar-refractivity contribution in [3.05, 3.63) is 36.2 Å². The topological polar surface area (TPSA) is 114 Å². The van der Waals surface area contributed by atoms with Crippen molar-refractivity contribution in [1.29, 1.82) is 5.26 Å². The van der Waals surface area contributed by atoms with Crippen LogP contribution in [0.1, 0.15) is 64.6 Å². The van der Waals surface area contributed by atoms with Crippen molar-refractivity contribution in [3.8, 4) is 6.07 Å². The zero-order chi connectivity index (χ0) is 24.6. The average molecular weight is 493 g/mol. The van der Waals surface area contributed by atoms with Crippen molar-refractivity contribution in [2.45, 2.75) is 81.4 Å². The number of benzene rings is 1. The van der Waals surface area contributed by atoms with Crippen LogP contribution in [-0.4, -0.2) is 34.0 Å². The maximum absolute atomic E-state index is 13.8. The van der Waals surface area contributed by atoms with E-state index in [0.717, 1.165) is 38.5 Å². The Kier molecular flexibility index (Phi) is 6.49. The van der Waals surface area contributed by atoms with Crippen molar-refractivity contribution in [1.82, 2.24) is 19.5 Å². The summed E-state index contributed by atoms with van der Waals surface area (Å²) in [6.45, 7) is 4.93. The predicted octanol–water partition coefficient (Wildman–Crippen LogP) is 4.96. The summed E-state index contributed by atoms with van der Waals surface area (Å²) in [5.74, 6) is 2.06. The first kappa shape index (κ1) is 23.7. The monoisotopic (exact) mass is 492 g/mol. The molecule has 8 nitrogen and oxygen atoms in total. The van der Waals surface area contributed by atoms with Crippen molar-refractivity contribution in [2.24, 2.45) is 17.8 Å². The van der Waals surface area contributed by atoms with Crippen molar-refractivity contribution in [2.75, 3.05) is 5.32 Å². The van der Waals surface area contributed by atoms with Crippen LogP contribution in [0.2, 0.25) is 0 Å². The number of nitriles is 1. The summed E-state index contributed by atoms with van der Waals surface area (Å²) in [7, 11) is -3.89. The molecule has 3 aromatic rings. The molecule has 184 valence electrons. The quantitative estimate of drug-likeness (QED) is 0.496. The van der Waals surface area contributed by atoms with E-state index in [2.05, 4.69) is 34.1 Å². The fourth-order valence-corrected chi connectivity index (χ4v) is 6.68. The first-order valence-electron chi connectivity index (χ1n) is 12.6. The zero-order valence-electron chi connectivity index (χ0n) is 20.3. The summed E-state index contributed by atoms with van der Waals surface area (Å²) in [4.78, 5) is 13.5. The van der Waals surface area contributed by atoms with Crippen molar-refractivity contribution < 1.29 is 8.42 Å². The summed E-state index contributed by atoms with van der Waals surface area (Å²) < 4.78 is 29.3. The summed E-state index contributed by atoms with van der Waals surface area (Å²) in [5, 5.41) is 13.0. The lowest BCUT2D eigenvalue weighted by Crippen LogP contribution is -2.31. The molecule has 0 unspecified atom stereocenters. The van der Waals surface area contributed by atoms with E-state index in [4.69, 9.17) is 0 Å². The van der Waals surface area contributed by atoms with E-state index in [9.17, 15) is 13.7 Å². The van der Waals surface area contributed by atoms with E-state index in [0.29, 0.717) is 35.6 Å². The molecule has 0 amide bonds. The third-order valence-electron chi connectivity index (χ3n) is 7.76. The Morgan fingerprint density at radius 3 is 2.43 bits per heavy atom. The molecule has 35 heavy (non-hydrogen) atoms. The van der Waals surface area contributed by atoms with Gasteiger partial charge in [0.25, 0.3) is 0 Å². The lowest BCUT2D eigenvalue weighted by molar-refractivity contribution is 0.261. The fourth-order valence-electron chi connectivity index (χ4n) is 5.29. The zero-order valence-corrected chi connectivity index (χ0v) is 21.1. The molecule has 2 saturated carbocycles. The highest BCUT2D eigenvalue weighted by atomic mass is 32.2. The summed E-state index contributed by atoms with van der Waals surface area (Å²) in [5.41, 5.74) is 0.821. The molecule has 1 N–H and O–H groups in total. The van der Waals surface area contributed by atoms with Gasteiger partial charge in [0.15, 0.2) is 11.5 Å². The second-order valence-corrected chi connectivity index (χ2v) is 12.1. The number of nitrogens with zero attached hydrogens (tertiary/aromatic N) is 5. The van der Waals surface area contributed by atoms with Gasteiger partial charge < -0.3 is 9.88 Å². The standard InChI is InChI=1S/C26H32N6O2S/c1-17-11-13-19(14-12-17)16-32-23-24(28-18(2)20-7-6-8-20)29-22(15-27)30-25(23)31-26(32)35(33,34)21-9-4-3-5-10-21/h3-5,9-10,17-20H,6-8,11-14,16H2,1-2H3,(H,28,29,30)/t17?,18-,19?/m1/s1. The second kappa shape index (κ2) is 9.57. The van der Waals surface area contributed by atoms with Gasteiger partial charge >= 0.3 is 0 Å². The third kappa shape index (κ3) is 4.64. The van der Waals surface area contributed by atoms with Gasteiger partial charge in [0.05, 0.1) is 4.90 Å². The molecule has 9 heteroatoms. The highest BCUT2D eigenvalue weighted by Crippen LogP contribution is 2.35. The third-order valence-corrected chi connectivity index (χ3v) is 9.44. The highest BCUT2D eigenvalue weighted by molar-refractivity contribution is 7.91. The minimum atomic E-state index is -3.89. The second-order valence-electron chi connectivity index (χ2n) is 10.3. The number of anilines is 1. The Morgan fingerprint density at radius 1 is 1.09 bits per heavy atom. The summed E-state index contributed by atoms with van der Waals surface area (Å²) in [6.07, 6.45) is 7.89. The molecule has 1 atom stereocenters. The smallest absolute Gasteiger partial charge is 0.240 e. The largest absolute Gasteiger partial charge is 0.365 e. The van der Waals surface area contributed by atoms with Crippen LogP contribution in [-0.2, 0) is 16.4 Å². The van der Waals surface area contributed by atoms with Crippen molar-refractivity contribution in [3.63, 3.8) is 0 Å². The van der Waals surface area contributed by atoms with Gasteiger partial charge in [-0.25, -0.2) is 8.42 Å². The molecule has 0 bridgehead atoms. The maximum atomic E-state index is 13.8. The lowest BCUT2D eigenvalue weighted by atomic mass is 9.80. The molecule has 2 aromatic heterocycles. The lowest BCUT2D eigenvalue weighted by Gasteiger charge is -2.32. The molecule has 5 rings (SSSR count). The molecular formula is C26H32N6O2S. The van der Waals surface area contributed by atoms with Gasteiger partial charge in [-0.1, -0.05) is 44.4 Å². The van der Waals surface area contributed by atoms with Crippen LogP contribution < -0.4 is 5.32 Å². The SMILES string of the molecule is CC1CCC(Cn2c(S(=O)(=O)c3ccccc3)nc3nc(C#N)nc(N[C@H](C)C4CCC4)c32)CC1. The van der Waals surface area contributed by atoms with Crippen molar-refractivity contribution >= 4 is 26.8 Å². The molecule has 2 aliphatic rings. The first-order chi connectivity index (χ1) is 16.9. The Bertz CT molecular complexity index is 1350. The Hall–Kier alpha value is -2.99. The first-order valence-corrected chi connectivity index (χ1v) is 14.1. The van der Waals surface area contributed by atoms with Gasteiger partial charge in [-0.05, 0) is 62.5 Å². The summed E-state index contributed by atoms with van der Waals surface area (Å²) >= 11 is 0. The normalized spacial score (nSPS) is 21.9. The Balaban J connectivity index is 1.66. The van der Waals surface area contributed by atoms with E-state index in [1.807, 2.05) is 6.07 Å². The molecule has 0 radical (unpaired) electrons. The predicted molar refractivity (Wildman–Crippen MR) is 133 cm³/mol. The molecule has 1 aromatic carbocycles. The number of nitrogens with one attached hydrogen (secondary N) is 1. The van der Waals surface area contributed by atoms with Crippen LogP contribution in [0.25, 0.3) is 11.2 Å². The molecule has 0 aliphatic heterocycles. The van der Waals surface area contributed by atoms with Gasteiger partial charge in [-0.15, -0.1) is 0 Å². The Morgan fingerprint density at radius 2 is 1.80 bits per heavy atom. The van der Waals surface area contributed by atoms with Crippen LogP contribution in [0, 0.1) is 29.1 Å². The van der Waals surface area contributed by atoms with Crippen LogP contribution in [0.4, 0.5) is 5.82 Å². The van der Waals surface area contributed by atoms with Gasteiger partial charge in [-0.3, -0.25) is 0 Å². The molecule has 2 fully saturated rings. The van der Waals surface area contributed by atoms with Gasteiger partial charge in [0.1, 0.15) is 11.6 Å². The molecular weight excluding hydrogens is 460 g/mol. The molecule has 0 spiro atoms. The number of fused-ring (bicyclic) bond motifs is 1. The number of hydrogen-bond donors (Lipinski definition) is 1. The van der Waals surface area contributed by atoms with E-state index in [1.54, 1.807) is 34.9 Å². The molecule has 2 heterocycles. The van der Waals surface area contributed by atoms with E-state index in [-0.39, 0.29) is 27.6 Å². The number of imidazole rings is 1. The van der Waals surface area contributed by atoms with Gasteiger partial charge in [0.2, 0.25) is 20.8 Å². The minimum absolute atomic E-state index is 0.0133. The maximum Gasteiger partial charge on any atom is 0.240 e. The van der Waals surface area contributed by atoms with Gasteiger partial charge in [-0.2, -0.15) is 20.2 Å². The Labute approximate surface area is 206 Å². The van der Waals surface area contributed by atoms with Gasteiger partial charge in [0, 0.05) is 12.6 Å². The van der Waals surface area contributed by atoms with Crippen LogP contribution in [0.3, 0.4) is 0 Å². The average Bonchev–Trinajstić information content (AvgIpc) is 3.19.